The van der Waals surface area contributed by atoms with E-state index in [1.165, 1.54) is 7.11 Å². The molecule has 1 rings (SSSR count). The Morgan fingerprint density at radius 1 is 1.39 bits per heavy atom. The third-order valence-electron chi connectivity index (χ3n) is 3.40. The Labute approximate surface area is 116 Å². The van der Waals surface area contributed by atoms with Crippen molar-refractivity contribution in [3.8, 4) is 0 Å². The van der Waals surface area contributed by atoms with Crippen molar-refractivity contribution >= 4 is 22.4 Å². The van der Waals surface area contributed by atoms with E-state index in [-0.39, 0.29) is 36.2 Å². The maximum Gasteiger partial charge on any atom is 0.214 e. The van der Waals surface area contributed by atoms with Gasteiger partial charge in [-0.05, 0) is 32.2 Å². The molecule has 5 nitrogen and oxygen atoms in total. The Hall–Kier alpha value is 0.120. The summed E-state index contributed by atoms with van der Waals surface area (Å²) in [6.45, 7) is 2.30. The molecule has 0 amide bonds. The Kier molecular flexibility index (Phi) is 8.38. The second kappa shape index (κ2) is 8.32. The van der Waals surface area contributed by atoms with E-state index >= 15 is 0 Å². The second-order valence-corrected chi connectivity index (χ2v) is 6.63. The fourth-order valence-electron chi connectivity index (χ4n) is 2.30. The van der Waals surface area contributed by atoms with E-state index in [9.17, 15) is 8.42 Å². The zero-order chi connectivity index (χ0) is 12.9. The summed E-state index contributed by atoms with van der Waals surface area (Å²) in [7, 11) is -1.75. The molecule has 1 saturated carbocycles. The van der Waals surface area contributed by atoms with Gasteiger partial charge in [0, 0.05) is 13.2 Å². The van der Waals surface area contributed by atoms with Crippen LogP contribution in [-0.4, -0.2) is 40.0 Å². The SMILES string of the molecule is COC(C)CS(=O)(=O)NC1CCCCC1CN.Cl. The fourth-order valence-corrected chi connectivity index (χ4v) is 3.92. The largest absolute Gasteiger partial charge is 0.381 e. The maximum atomic E-state index is 11.9. The van der Waals surface area contributed by atoms with Gasteiger partial charge < -0.3 is 10.5 Å². The molecule has 3 unspecified atom stereocenters. The molecule has 0 bridgehead atoms. The van der Waals surface area contributed by atoms with Gasteiger partial charge in [0.15, 0.2) is 0 Å². The van der Waals surface area contributed by atoms with Crippen molar-refractivity contribution in [1.29, 1.82) is 0 Å². The van der Waals surface area contributed by atoms with Crippen molar-refractivity contribution in [2.75, 3.05) is 19.4 Å². The number of hydrogen-bond acceptors (Lipinski definition) is 4. The number of halogens is 1. The highest BCUT2D eigenvalue weighted by molar-refractivity contribution is 7.89. The first-order valence-corrected chi connectivity index (χ1v) is 7.86. The molecule has 0 aliphatic heterocycles. The molecule has 0 aromatic heterocycles. The molecule has 0 aromatic rings. The third-order valence-corrected chi connectivity index (χ3v) is 4.97. The van der Waals surface area contributed by atoms with Gasteiger partial charge >= 0.3 is 0 Å². The Balaban J connectivity index is 0.00000289. The van der Waals surface area contributed by atoms with E-state index in [1.54, 1.807) is 6.92 Å². The summed E-state index contributed by atoms with van der Waals surface area (Å²) in [5.74, 6) is 0.286. The minimum absolute atomic E-state index is 0. The number of rotatable bonds is 6. The summed E-state index contributed by atoms with van der Waals surface area (Å²) in [5.41, 5.74) is 5.68. The molecule has 3 N–H and O–H groups in total. The van der Waals surface area contributed by atoms with E-state index < -0.39 is 10.0 Å². The normalized spacial score (nSPS) is 26.4. The van der Waals surface area contributed by atoms with Crippen molar-refractivity contribution in [2.45, 2.75) is 44.8 Å². The first-order valence-electron chi connectivity index (χ1n) is 6.21. The Morgan fingerprint density at radius 2 is 2.00 bits per heavy atom. The zero-order valence-corrected chi connectivity index (χ0v) is 12.7. The monoisotopic (exact) mass is 300 g/mol. The minimum atomic E-state index is -3.27. The molecular weight excluding hydrogens is 276 g/mol. The standard InChI is InChI=1S/C11H24N2O3S.ClH/c1-9(16-2)8-17(14,15)13-11-6-4-3-5-10(11)7-12;/h9-11,13H,3-8,12H2,1-2H3;1H. The first-order chi connectivity index (χ1) is 7.98. The minimum Gasteiger partial charge on any atom is -0.381 e. The highest BCUT2D eigenvalue weighted by Crippen LogP contribution is 2.24. The summed E-state index contributed by atoms with van der Waals surface area (Å²) >= 11 is 0. The molecule has 1 fully saturated rings. The molecule has 1 aliphatic rings. The van der Waals surface area contributed by atoms with Crippen LogP contribution in [0.25, 0.3) is 0 Å². The predicted octanol–water partition coefficient (Wildman–Crippen LogP) is 0.880. The number of nitrogens with one attached hydrogen (secondary N) is 1. The fraction of sp³-hybridized carbons (Fsp3) is 1.00. The van der Waals surface area contributed by atoms with Gasteiger partial charge in [0.05, 0.1) is 11.9 Å². The van der Waals surface area contributed by atoms with Crippen molar-refractivity contribution in [1.82, 2.24) is 4.72 Å². The molecule has 7 heteroatoms. The van der Waals surface area contributed by atoms with Crippen LogP contribution in [0.5, 0.6) is 0 Å². The predicted molar refractivity (Wildman–Crippen MR) is 75.4 cm³/mol. The number of ether oxygens (including phenoxy) is 1. The lowest BCUT2D eigenvalue weighted by molar-refractivity contribution is 0.135. The van der Waals surface area contributed by atoms with Crippen LogP contribution in [0.15, 0.2) is 0 Å². The van der Waals surface area contributed by atoms with Gasteiger partial charge in [-0.25, -0.2) is 13.1 Å². The second-order valence-electron chi connectivity index (χ2n) is 4.83. The van der Waals surface area contributed by atoms with Crippen LogP contribution >= 0.6 is 12.4 Å². The van der Waals surface area contributed by atoms with Gasteiger partial charge in [0.2, 0.25) is 10.0 Å². The molecule has 0 radical (unpaired) electrons. The van der Waals surface area contributed by atoms with Gasteiger partial charge in [0.25, 0.3) is 0 Å². The van der Waals surface area contributed by atoms with Crippen LogP contribution in [0, 0.1) is 5.92 Å². The zero-order valence-electron chi connectivity index (χ0n) is 11.1. The molecule has 18 heavy (non-hydrogen) atoms. The molecule has 3 atom stereocenters. The van der Waals surface area contributed by atoms with Crippen LogP contribution in [0.1, 0.15) is 32.6 Å². The van der Waals surface area contributed by atoms with Crippen molar-refractivity contribution in [2.24, 2.45) is 11.7 Å². The maximum absolute atomic E-state index is 11.9. The summed E-state index contributed by atoms with van der Waals surface area (Å²) in [6.07, 6.45) is 3.84. The molecule has 0 saturated heterocycles. The summed E-state index contributed by atoms with van der Waals surface area (Å²) in [4.78, 5) is 0. The summed E-state index contributed by atoms with van der Waals surface area (Å²) in [6, 6.07) is 0.00260. The van der Waals surface area contributed by atoms with E-state index in [4.69, 9.17) is 10.5 Å². The van der Waals surface area contributed by atoms with Gasteiger partial charge in [-0.15, -0.1) is 12.4 Å². The number of sulfonamides is 1. The van der Waals surface area contributed by atoms with Gasteiger partial charge in [-0.3, -0.25) is 0 Å². The topological polar surface area (TPSA) is 81.4 Å². The lowest BCUT2D eigenvalue weighted by Crippen LogP contribution is -2.46. The molecule has 110 valence electrons. The van der Waals surface area contributed by atoms with Crippen molar-refractivity contribution in [3.05, 3.63) is 0 Å². The van der Waals surface area contributed by atoms with Gasteiger partial charge in [-0.1, -0.05) is 12.8 Å². The lowest BCUT2D eigenvalue weighted by atomic mass is 9.85. The van der Waals surface area contributed by atoms with Gasteiger partial charge in [-0.2, -0.15) is 0 Å². The number of methoxy groups -OCH3 is 1. The van der Waals surface area contributed by atoms with Crippen LogP contribution in [-0.2, 0) is 14.8 Å². The molecule has 1 aliphatic carbocycles. The highest BCUT2D eigenvalue weighted by Gasteiger charge is 2.28. The smallest absolute Gasteiger partial charge is 0.214 e. The summed E-state index contributed by atoms with van der Waals surface area (Å²) in [5, 5.41) is 0. The first kappa shape index (κ1) is 18.1. The van der Waals surface area contributed by atoms with Crippen LogP contribution in [0.4, 0.5) is 0 Å². The average molecular weight is 301 g/mol. The quantitative estimate of drug-likeness (QED) is 0.763. The highest BCUT2D eigenvalue weighted by atomic mass is 35.5. The van der Waals surface area contributed by atoms with Crippen LogP contribution < -0.4 is 10.5 Å². The average Bonchev–Trinajstić information content (AvgIpc) is 2.28. The molecule has 0 aromatic carbocycles. The third kappa shape index (κ3) is 5.84. The van der Waals surface area contributed by atoms with E-state index in [0.717, 1.165) is 25.7 Å². The van der Waals surface area contributed by atoms with E-state index in [2.05, 4.69) is 4.72 Å². The van der Waals surface area contributed by atoms with Crippen LogP contribution in [0.2, 0.25) is 0 Å². The Bertz CT molecular complexity index is 324. The van der Waals surface area contributed by atoms with Gasteiger partial charge in [0.1, 0.15) is 0 Å². The van der Waals surface area contributed by atoms with E-state index in [0.29, 0.717) is 6.54 Å². The number of hydrogen-bond donors (Lipinski definition) is 2. The number of nitrogens with two attached hydrogens (primary N) is 1. The van der Waals surface area contributed by atoms with Crippen molar-refractivity contribution in [3.63, 3.8) is 0 Å². The molecule has 0 heterocycles. The Morgan fingerprint density at radius 3 is 2.56 bits per heavy atom. The van der Waals surface area contributed by atoms with E-state index in [1.807, 2.05) is 0 Å². The molecule has 0 spiro atoms. The molecular formula is C11H25ClN2O3S. The summed E-state index contributed by atoms with van der Waals surface area (Å²) < 4.78 is 31.6. The van der Waals surface area contributed by atoms with Crippen LogP contribution in [0.3, 0.4) is 0 Å². The van der Waals surface area contributed by atoms with Crippen molar-refractivity contribution < 1.29 is 13.2 Å². The lowest BCUT2D eigenvalue weighted by Gasteiger charge is -2.31.